The van der Waals surface area contributed by atoms with Gasteiger partial charge in [-0.15, -0.1) is 4.36 Å². The Morgan fingerprint density at radius 2 is 1.83 bits per heavy atom. The predicted molar refractivity (Wildman–Crippen MR) is 78.7 cm³/mol. The number of carboxylic acid groups (broad SMARTS) is 1. The highest BCUT2D eigenvalue weighted by atomic mass is 32.2. The van der Waals surface area contributed by atoms with E-state index in [1.807, 2.05) is 0 Å². The van der Waals surface area contributed by atoms with E-state index in [9.17, 15) is 32.1 Å². The lowest BCUT2D eigenvalue weighted by molar-refractivity contribution is -0.169. The fraction of sp³-hybridized carbons (Fsp3) is 0.429. The number of amides is 2. The number of alkyl halides is 3. The van der Waals surface area contributed by atoms with Gasteiger partial charge in [-0.2, -0.15) is 13.2 Å². The molecule has 6 nitrogen and oxygen atoms in total. The third kappa shape index (κ3) is 3.69. The molecule has 0 bridgehead atoms. The minimum absolute atomic E-state index is 0.0273. The fourth-order valence-electron chi connectivity index (χ4n) is 2.51. The molecule has 24 heavy (non-hydrogen) atoms. The van der Waals surface area contributed by atoms with Gasteiger partial charge in [-0.3, -0.25) is 9.69 Å². The molecule has 2 atom stereocenters. The first kappa shape index (κ1) is 18.2. The van der Waals surface area contributed by atoms with E-state index in [1.165, 1.54) is 24.3 Å². The quantitative estimate of drug-likeness (QED) is 0.874. The lowest BCUT2D eigenvalue weighted by Gasteiger charge is -2.35. The molecule has 0 aliphatic carbocycles. The Bertz CT molecular complexity index is 742. The zero-order valence-corrected chi connectivity index (χ0v) is 13.2. The van der Waals surface area contributed by atoms with E-state index in [0.717, 1.165) is 4.90 Å². The molecule has 0 aromatic heterocycles. The highest BCUT2D eigenvalue weighted by Gasteiger charge is 2.43. The van der Waals surface area contributed by atoms with E-state index in [1.54, 1.807) is 6.07 Å². The number of carbonyl (C=O) groups is 2. The largest absolute Gasteiger partial charge is 0.474 e. The number of hydrogen-bond donors (Lipinski definition) is 1. The smallest absolute Gasteiger partial charge is 0.465 e. The van der Waals surface area contributed by atoms with Crippen molar-refractivity contribution in [3.63, 3.8) is 0 Å². The molecule has 0 radical (unpaired) electrons. The number of halogens is 3. The van der Waals surface area contributed by atoms with Crippen LogP contribution in [-0.2, 0) is 14.5 Å². The summed E-state index contributed by atoms with van der Waals surface area (Å²) in [6.07, 6.45) is -5.64. The van der Waals surface area contributed by atoms with Crippen LogP contribution in [0.4, 0.5) is 18.0 Å². The Balaban J connectivity index is 2.63. The van der Waals surface area contributed by atoms with Crippen molar-refractivity contribution in [2.75, 3.05) is 6.54 Å². The monoisotopic (exact) mass is 364 g/mol. The van der Waals surface area contributed by atoms with Crippen LogP contribution in [0.25, 0.3) is 0 Å². The van der Waals surface area contributed by atoms with Crippen LogP contribution in [0.15, 0.2) is 39.6 Å². The average Bonchev–Trinajstić information content (AvgIpc) is 2.54. The summed E-state index contributed by atoms with van der Waals surface area (Å²) in [7, 11) is -3.95. The van der Waals surface area contributed by atoms with Crippen LogP contribution < -0.4 is 0 Å². The van der Waals surface area contributed by atoms with Crippen LogP contribution in [0.3, 0.4) is 0 Å². The van der Waals surface area contributed by atoms with Crippen molar-refractivity contribution in [3.05, 3.63) is 30.3 Å². The van der Waals surface area contributed by atoms with Crippen molar-refractivity contribution >= 4 is 21.7 Å². The van der Waals surface area contributed by atoms with Crippen molar-refractivity contribution in [2.45, 2.75) is 35.7 Å². The number of likely N-dealkylation sites (tertiary alicyclic amines) is 1. The normalized spacial score (nSPS) is 21.0. The zero-order chi connectivity index (χ0) is 18.0. The molecule has 1 fully saturated rings. The van der Waals surface area contributed by atoms with Crippen molar-refractivity contribution in [3.8, 4) is 0 Å². The van der Waals surface area contributed by atoms with E-state index in [2.05, 4.69) is 4.36 Å². The van der Waals surface area contributed by atoms with E-state index in [-0.39, 0.29) is 17.9 Å². The standard InChI is InChI=1S/C14H15F3N2O4S/c15-14(16,17)12(20)18-24(23,10-6-2-1-3-7-10)11-8-4-5-9-19(11)13(21)22/h1-3,6-7,11H,4-5,8-9H2,(H,21,22). The van der Waals surface area contributed by atoms with Gasteiger partial charge in [0.2, 0.25) is 0 Å². The van der Waals surface area contributed by atoms with Crippen molar-refractivity contribution < 1.29 is 32.1 Å². The summed E-state index contributed by atoms with van der Waals surface area (Å²) in [5.41, 5.74) is 0. The van der Waals surface area contributed by atoms with E-state index in [0.29, 0.717) is 12.8 Å². The Morgan fingerprint density at radius 3 is 2.38 bits per heavy atom. The van der Waals surface area contributed by atoms with Gasteiger partial charge in [0.25, 0.3) is 0 Å². The Kier molecular flexibility index (Phi) is 5.16. The van der Waals surface area contributed by atoms with Crippen LogP contribution in [0.1, 0.15) is 19.3 Å². The maximum atomic E-state index is 13.3. The number of carbonyl (C=O) groups excluding carboxylic acids is 1. The lowest BCUT2D eigenvalue weighted by Crippen LogP contribution is -2.47. The Labute approximate surface area is 136 Å². The lowest BCUT2D eigenvalue weighted by atomic mass is 10.1. The highest BCUT2D eigenvalue weighted by Crippen LogP contribution is 2.30. The van der Waals surface area contributed by atoms with Gasteiger partial charge in [-0.25, -0.2) is 9.00 Å². The van der Waals surface area contributed by atoms with E-state index < -0.39 is 33.3 Å². The second-order valence-corrected chi connectivity index (χ2v) is 7.54. The molecule has 2 amide bonds. The molecule has 2 unspecified atom stereocenters. The molecule has 1 aliphatic heterocycles. The Hall–Kier alpha value is -2.10. The molecule has 0 spiro atoms. The molecule has 1 aromatic rings. The summed E-state index contributed by atoms with van der Waals surface area (Å²) in [4.78, 5) is 23.4. The molecule has 1 N–H and O–H groups in total. The third-order valence-corrected chi connectivity index (χ3v) is 6.22. The van der Waals surface area contributed by atoms with Gasteiger partial charge in [0.1, 0.15) is 15.1 Å². The van der Waals surface area contributed by atoms with Crippen LogP contribution in [0, 0.1) is 0 Å². The number of hydrogen-bond acceptors (Lipinski definition) is 3. The van der Waals surface area contributed by atoms with Gasteiger partial charge >= 0.3 is 18.2 Å². The molecule has 132 valence electrons. The topological polar surface area (TPSA) is 87.0 Å². The first-order valence-corrected chi connectivity index (χ1v) is 8.66. The average molecular weight is 364 g/mol. The number of benzene rings is 1. The molecule has 1 aromatic carbocycles. The second kappa shape index (κ2) is 6.80. The Morgan fingerprint density at radius 1 is 1.21 bits per heavy atom. The van der Waals surface area contributed by atoms with Crippen molar-refractivity contribution in [1.82, 2.24) is 4.90 Å². The van der Waals surface area contributed by atoms with Crippen LogP contribution in [0.2, 0.25) is 0 Å². The van der Waals surface area contributed by atoms with Crippen LogP contribution in [-0.4, -0.2) is 44.3 Å². The zero-order valence-electron chi connectivity index (χ0n) is 12.4. The van der Waals surface area contributed by atoms with Gasteiger partial charge in [0, 0.05) is 11.4 Å². The second-order valence-electron chi connectivity index (χ2n) is 5.20. The maximum Gasteiger partial charge on any atom is 0.474 e. The predicted octanol–water partition coefficient (Wildman–Crippen LogP) is 3.09. The summed E-state index contributed by atoms with van der Waals surface area (Å²) >= 11 is 0. The van der Waals surface area contributed by atoms with Crippen molar-refractivity contribution in [1.29, 1.82) is 0 Å². The fourth-order valence-corrected chi connectivity index (χ4v) is 4.98. The van der Waals surface area contributed by atoms with Gasteiger partial charge in [0.05, 0.1) is 0 Å². The molecule has 1 saturated heterocycles. The minimum Gasteiger partial charge on any atom is -0.465 e. The molecule has 2 rings (SSSR count). The molecule has 1 heterocycles. The molecular formula is C14H15F3N2O4S. The maximum absolute atomic E-state index is 13.3. The number of piperidine rings is 1. The van der Waals surface area contributed by atoms with Crippen molar-refractivity contribution in [2.24, 2.45) is 4.36 Å². The summed E-state index contributed by atoms with van der Waals surface area (Å²) < 4.78 is 54.1. The summed E-state index contributed by atoms with van der Waals surface area (Å²) in [5, 5.41) is 7.96. The molecule has 1 aliphatic rings. The summed E-state index contributed by atoms with van der Waals surface area (Å²) in [6, 6.07) is 7.01. The van der Waals surface area contributed by atoms with E-state index >= 15 is 0 Å². The first-order valence-electron chi connectivity index (χ1n) is 7.08. The number of nitrogens with zero attached hydrogens (tertiary/aromatic N) is 2. The van der Waals surface area contributed by atoms with E-state index in [4.69, 9.17) is 0 Å². The third-order valence-electron chi connectivity index (χ3n) is 3.60. The number of rotatable bonds is 2. The highest BCUT2D eigenvalue weighted by molar-refractivity contribution is 7.94. The summed E-state index contributed by atoms with van der Waals surface area (Å²) in [6.45, 7) is 0.0273. The van der Waals surface area contributed by atoms with Crippen LogP contribution >= 0.6 is 0 Å². The van der Waals surface area contributed by atoms with Gasteiger partial charge < -0.3 is 5.11 Å². The molecule has 0 saturated carbocycles. The SMILES string of the molecule is O=C(O)N1CCCCC1S(=O)(=NC(=O)C(F)(F)F)c1ccccc1. The molecule has 10 heteroatoms. The van der Waals surface area contributed by atoms with Gasteiger partial charge in [0.15, 0.2) is 0 Å². The first-order chi connectivity index (χ1) is 11.2. The molecular weight excluding hydrogens is 349 g/mol. The van der Waals surface area contributed by atoms with Crippen LogP contribution in [0.5, 0.6) is 0 Å². The van der Waals surface area contributed by atoms with Gasteiger partial charge in [-0.05, 0) is 31.4 Å². The van der Waals surface area contributed by atoms with Gasteiger partial charge in [-0.1, -0.05) is 18.2 Å². The summed E-state index contributed by atoms with van der Waals surface area (Å²) in [5.74, 6) is -2.48. The minimum atomic E-state index is -5.28.